The molecule has 0 aromatic carbocycles. The fraction of sp³-hybridized carbons (Fsp3) is 0.545. The monoisotopic (exact) mass is 244 g/mol. The molecule has 1 aromatic heterocycles. The van der Waals surface area contributed by atoms with E-state index in [0.717, 1.165) is 19.5 Å². The van der Waals surface area contributed by atoms with E-state index in [2.05, 4.69) is 0 Å². The van der Waals surface area contributed by atoms with Crippen molar-refractivity contribution in [3.05, 3.63) is 24.2 Å². The number of carbonyl (C=O) groups is 1. The Morgan fingerprint density at radius 1 is 1.69 bits per heavy atom. The van der Waals surface area contributed by atoms with E-state index >= 15 is 0 Å². The zero-order valence-corrected chi connectivity index (χ0v) is 10.1. The van der Waals surface area contributed by atoms with Gasteiger partial charge in [0.05, 0.1) is 6.26 Å². The van der Waals surface area contributed by atoms with Crippen molar-refractivity contribution in [2.75, 3.05) is 13.1 Å². The van der Waals surface area contributed by atoms with Crippen molar-refractivity contribution < 1.29 is 9.21 Å². The molecule has 2 rings (SSSR count). The van der Waals surface area contributed by atoms with Gasteiger partial charge in [-0.1, -0.05) is 0 Å². The van der Waals surface area contributed by atoms with Crippen LogP contribution >= 0.6 is 12.4 Å². The normalized spacial score (nSPS) is 21.6. The fourth-order valence-electron chi connectivity index (χ4n) is 1.96. The molecular formula is C11H17ClN2O2. The summed E-state index contributed by atoms with van der Waals surface area (Å²) in [6.45, 7) is 3.52. The number of nitrogens with two attached hydrogens (primary N) is 1. The lowest BCUT2D eigenvalue weighted by molar-refractivity contribution is 0.0754. The quantitative estimate of drug-likeness (QED) is 0.858. The number of nitrogens with zero attached hydrogens (tertiary/aromatic N) is 1. The molecule has 0 spiro atoms. The lowest BCUT2D eigenvalue weighted by Crippen LogP contribution is -2.32. The van der Waals surface area contributed by atoms with Crippen LogP contribution in [0, 0.1) is 5.92 Å². The Balaban J connectivity index is 0.00000128. The topological polar surface area (TPSA) is 59.5 Å². The lowest BCUT2D eigenvalue weighted by Gasteiger charge is -2.16. The first-order valence-electron chi connectivity index (χ1n) is 5.27. The molecule has 0 radical (unpaired) electrons. The van der Waals surface area contributed by atoms with Crippen LogP contribution < -0.4 is 5.73 Å². The van der Waals surface area contributed by atoms with E-state index in [4.69, 9.17) is 10.2 Å². The smallest absolute Gasteiger partial charge is 0.289 e. The van der Waals surface area contributed by atoms with Crippen LogP contribution in [-0.4, -0.2) is 29.9 Å². The molecule has 1 aliphatic rings. The third-order valence-corrected chi connectivity index (χ3v) is 2.99. The van der Waals surface area contributed by atoms with Crippen molar-refractivity contribution in [2.24, 2.45) is 11.7 Å². The molecule has 4 nitrogen and oxygen atoms in total. The van der Waals surface area contributed by atoms with Gasteiger partial charge in [0.15, 0.2) is 5.76 Å². The van der Waals surface area contributed by atoms with Crippen LogP contribution in [0.3, 0.4) is 0 Å². The van der Waals surface area contributed by atoms with E-state index in [1.54, 1.807) is 12.1 Å². The van der Waals surface area contributed by atoms with E-state index < -0.39 is 0 Å². The first-order valence-corrected chi connectivity index (χ1v) is 5.27. The minimum absolute atomic E-state index is 0. The zero-order valence-electron chi connectivity index (χ0n) is 9.26. The van der Waals surface area contributed by atoms with Crippen molar-refractivity contribution in [3.8, 4) is 0 Å². The van der Waals surface area contributed by atoms with Gasteiger partial charge in [-0.05, 0) is 31.4 Å². The average molecular weight is 245 g/mol. The Hall–Kier alpha value is -1.00. The van der Waals surface area contributed by atoms with Crippen LogP contribution in [0.2, 0.25) is 0 Å². The Morgan fingerprint density at radius 3 is 2.94 bits per heavy atom. The van der Waals surface area contributed by atoms with Crippen LogP contribution in [0.25, 0.3) is 0 Å². The summed E-state index contributed by atoms with van der Waals surface area (Å²) in [4.78, 5) is 13.7. The molecular weight excluding hydrogens is 228 g/mol. The van der Waals surface area contributed by atoms with Crippen LogP contribution in [0.5, 0.6) is 0 Å². The van der Waals surface area contributed by atoms with Gasteiger partial charge in [-0.15, -0.1) is 12.4 Å². The van der Waals surface area contributed by atoms with E-state index in [1.165, 1.54) is 6.26 Å². The largest absolute Gasteiger partial charge is 0.459 e. The van der Waals surface area contributed by atoms with Gasteiger partial charge in [0, 0.05) is 19.1 Å². The molecule has 0 aliphatic carbocycles. The zero-order chi connectivity index (χ0) is 10.8. The summed E-state index contributed by atoms with van der Waals surface area (Å²) >= 11 is 0. The van der Waals surface area contributed by atoms with Crippen LogP contribution in [0.15, 0.2) is 22.8 Å². The van der Waals surface area contributed by atoms with Gasteiger partial charge in [-0.2, -0.15) is 0 Å². The molecule has 0 bridgehead atoms. The fourth-order valence-corrected chi connectivity index (χ4v) is 1.96. The van der Waals surface area contributed by atoms with Gasteiger partial charge in [0.2, 0.25) is 0 Å². The standard InChI is InChI=1S/C11H16N2O2.ClH/c1-8(12)9-4-5-13(7-9)11(14)10-3-2-6-15-10;/h2-3,6,8-9H,4-5,7,12H2,1H3;1H. The molecule has 1 aliphatic heterocycles. The van der Waals surface area contributed by atoms with Crippen molar-refractivity contribution >= 4 is 18.3 Å². The molecule has 2 unspecified atom stereocenters. The Labute approximate surface area is 101 Å². The molecule has 16 heavy (non-hydrogen) atoms. The van der Waals surface area contributed by atoms with Crippen molar-refractivity contribution in [3.63, 3.8) is 0 Å². The number of halogens is 1. The third kappa shape index (κ3) is 2.57. The summed E-state index contributed by atoms with van der Waals surface area (Å²) in [5.74, 6) is 0.812. The van der Waals surface area contributed by atoms with Crippen molar-refractivity contribution in [2.45, 2.75) is 19.4 Å². The van der Waals surface area contributed by atoms with Gasteiger partial charge < -0.3 is 15.1 Å². The lowest BCUT2D eigenvalue weighted by atomic mass is 10.0. The molecule has 0 saturated carbocycles. The number of rotatable bonds is 2. The highest BCUT2D eigenvalue weighted by molar-refractivity contribution is 5.91. The second-order valence-corrected chi connectivity index (χ2v) is 4.14. The summed E-state index contributed by atoms with van der Waals surface area (Å²) < 4.78 is 5.08. The van der Waals surface area contributed by atoms with Crippen LogP contribution in [0.4, 0.5) is 0 Å². The predicted octanol–water partition coefficient (Wildman–Crippen LogP) is 1.51. The molecule has 5 heteroatoms. The molecule has 2 atom stereocenters. The van der Waals surface area contributed by atoms with E-state index in [-0.39, 0.29) is 24.4 Å². The number of hydrogen-bond donors (Lipinski definition) is 1. The number of furan rings is 1. The maximum atomic E-state index is 11.9. The van der Waals surface area contributed by atoms with Crippen LogP contribution in [0.1, 0.15) is 23.9 Å². The second kappa shape index (κ2) is 5.37. The highest BCUT2D eigenvalue weighted by Crippen LogP contribution is 2.20. The third-order valence-electron chi connectivity index (χ3n) is 2.99. The van der Waals surface area contributed by atoms with Gasteiger partial charge in [0.25, 0.3) is 5.91 Å². The molecule has 1 amide bonds. The molecule has 1 saturated heterocycles. The van der Waals surface area contributed by atoms with Gasteiger partial charge in [0.1, 0.15) is 0 Å². The average Bonchev–Trinajstić information content (AvgIpc) is 2.88. The summed E-state index contributed by atoms with van der Waals surface area (Å²) in [6.07, 6.45) is 2.51. The number of carbonyl (C=O) groups excluding carboxylic acids is 1. The Morgan fingerprint density at radius 2 is 2.44 bits per heavy atom. The molecule has 2 heterocycles. The van der Waals surface area contributed by atoms with E-state index in [0.29, 0.717) is 11.7 Å². The summed E-state index contributed by atoms with van der Waals surface area (Å²) in [6, 6.07) is 3.58. The van der Waals surface area contributed by atoms with Gasteiger partial charge in [-0.25, -0.2) is 0 Å². The minimum atomic E-state index is -0.0249. The highest BCUT2D eigenvalue weighted by atomic mass is 35.5. The SMILES string of the molecule is CC(N)C1CCN(C(=O)c2ccco2)C1.Cl. The summed E-state index contributed by atoms with van der Waals surface area (Å²) in [7, 11) is 0. The molecule has 1 fully saturated rings. The van der Waals surface area contributed by atoms with Gasteiger partial charge in [-0.3, -0.25) is 4.79 Å². The number of amides is 1. The predicted molar refractivity (Wildman–Crippen MR) is 63.6 cm³/mol. The van der Waals surface area contributed by atoms with E-state index in [1.807, 2.05) is 11.8 Å². The molecule has 2 N–H and O–H groups in total. The first kappa shape index (κ1) is 13.1. The maximum Gasteiger partial charge on any atom is 0.289 e. The highest BCUT2D eigenvalue weighted by Gasteiger charge is 2.29. The van der Waals surface area contributed by atoms with Crippen molar-refractivity contribution in [1.29, 1.82) is 0 Å². The summed E-state index contributed by atoms with van der Waals surface area (Å²) in [5.41, 5.74) is 5.82. The van der Waals surface area contributed by atoms with Crippen LogP contribution in [-0.2, 0) is 0 Å². The molecule has 1 aromatic rings. The first-order chi connectivity index (χ1) is 7.18. The van der Waals surface area contributed by atoms with Gasteiger partial charge >= 0.3 is 0 Å². The van der Waals surface area contributed by atoms with Crippen molar-refractivity contribution in [1.82, 2.24) is 4.90 Å². The maximum absolute atomic E-state index is 11.9. The number of hydrogen-bond acceptors (Lipinski definition) is 3. The second-order valence-electron chi connectivity index (χ2n) is 4.14. The molecule has 90 valence electrons. The minimum Gasteiger partial charge on any atom is -0.459 e. The summed E-state index contributed by atoms with van der Waals surface area (Å²) in [5, 5.41) is 0. The van der Waals surface area contributed by atoms with E-state index in [9.17, 15) is 4.79 Å². The Bertz CT molecular complexity index is 338. The Kier molecular flexibility index (Phi) is 4.38. The number of likely N-dealkylation sites (tertiary alicyclic amines) is 1.